The third-order valence-corrected chi connectivity index (χ3v) is 3.07. The summed E-state index contributed by atoms with van der Waals surface area (Å²) in [6.07, 6.45) is 0. The predicted octanol–water partition coefficient (Wildman–Crippen LogP) is 2.93. The predicted molar refractivity (Wildman–Crippen MR) is 80.6 cm³/mol. The number of aliphatic carboxylic acids is 1. The molecule has 0 radical (unpaired) electrons. The molecule has 106 valence electrons. The maximum absolute atomic E-state index is 12.1. The fourth-order valence-electron chi connectivity index (χ4n) is 1.92. The molecule has 2 aromatic carbocycles. The highest BCUT2D eigenvalue weighted by Gasteiger charge is 2.16. The first-order valence-corrected chi connectivity index (χ1v) is 6.45. The lowest BCUT2D eigenvalue weighted by molar-refractivity contribution is -0.132. The van der Waals surface area contributed by atoms with Gasteiger partial charge in [0.15, 0.2) is 0 Å². The Morgan fingerprint density at radius 2 is 1.33 bits per heavy atom. The Bertz CT molecular complexity index is 676. The second kappa shape index (κ2) is 6.52. The van der Waals surface area contributed by atoms with Crippen LogP contribution in [0.3, 0.4) is 0 Å². The molecule has 0 aliphatic rings. The summed E-state index contributed by atoms with van der Waals surface area (Å²) in [5, 5.41) is 11.8. The van der Waals surface area contributed by atoms with E-state index in [9.17, 15) is 14.7 Å². The van der Waals surface area contributed by atoms with Gasteiger partial charge in [-0.05, 0) is 30.2 Å². The molecule has 2 aromatic rings. The summed E-state index contributed by atoms with van der Waals surface area (Å²) in [6.45, 7) is 1.67. The van der Waals surface area contributed by atoms with Gasteiger partial charge < -0.3 is 10.4 Å². The SMILES string of the molecule is C/C(=C(/NC(=O)c1ccccc1)C(=O)O)c1ccccc1. The average molecular weight is 281 g/mol. The fourth-order valence-corrected chi connectivity index (χ4v) is 1.92. The van der Waals surface area contributed by atoms with Crippen molar-refractivity contribution in [3.8, 4) is 0 Å². The van der Waals surface area contributed by atoms with Gasteiger partial charge >= 0.3 is 5.97 Å². The van der Waals surface area contributed by atoms with Gasteiger partial charge in [-0.3, -0.25) is 4.79 Å². The molecule has 0 spiro atoms. The van der Waals surface area contributed by atoms with Crippen molar-refractivity contribution < 1.29 is 14.7 Å². The van der Waals surface area contributed by atoms with E-state index in [1.807, 2.05) is 18.2 Å². The van der Waals surface area contributed by atoms with Crippen molar-refractivity contribution in [2.45, 2.75) is 6.92 Å². The standard InChI is InChI=1S/C17H15NO3/c1-12(13-8-4-2-5-9-13)15(17(20)21)18-16(19)14-10-6-3-7-11-14/h2-11H,1H3,(H,18,19)(H,20,21)/b15-12-. The molecule has 0 aliphatic heterocycles. The summed E-state index contributed by atoms with van der Waals surface area (Å²) in [7, 11) is 0. The molecule has 0 fully saturated rings. The molecular formula is C17H15NO3. The summed E-state index contributed by atoms with van der Waals surface area (Å²) >= 11 is 0. The van der Waals surface area contributed by atoms with E-state index in [-0.39, 0.29) is 5.70 Å². The van der Waals surface area contributed by atoms with Crippen LogP contribution in [0.2, 0.25) is 0 Å². The summed E-state index contributed by atoms with van der Waals surface area (Å²) < 4.78 is 0. The molecule has 0 aromatic heterocycles. The van der Waals surface area contributed by atoms with E-state index in [0.29, 0.717) is 11.1 Å². The third kappa shape index (κ3) is 3.57. The van der Waals surface area contributed by atoms with Crippen LogP contribution in [0.4, 0.5) is 0 Å². The van der Waals surface area contributed by atoms with Crippen LogP contribution < -0.4 is 5.32 Å². The normalized spacial score (nSPS) is 11.5. The van der Waals surface area contributed by atoms with Crippen molar-refractivity contribution in [2.75, 3.05) is 0 Å². The fraction of sp³-hybridized carbons (Fsp3) is 0.0588. The second-order valence-electron chi connectivity index (χ2n) is 4.49. The van der Waals surface area contributed by atoms with E-state index in [1.165, 1.54) is 0 Å². The number of hydrogen-bond donors (Lipinski definition) is 2. The van der Waals surface area contributed by atoms with E-state index in [4.69, 9.17) is 0 Å². The number of hydrogen-bond acceptors (Lipinski definition) is 2. The van der Waals surface area contributed by atoms with Gasteiger partial charge in [0.2, 0.25) is 0 Å². The zero-order valence-corrected chi connectivity index (χ0v) is 11.5. The third-order valence-electron chi connectivity index (χ3n) is 3.07. The van der Waals surface area contributed by atoms with E-state index < -0.39 is 11.9 Å². The average Bonchev–Trinajstić information content (AvgIpc) is 2.53. The second-order valence-corrected chi connectivity index (χ2v) is 4.49. The highest BCUT2D eigenvalue weighted by molar-refractivity contribution is 6.04. The molecule has 4 nitrogen and oxygen atoms in total. The Labute approximate surface area is 122 Å². The molecule has 4 heteroatoms. The first-order chi connectivity index (χ1) is 10.1. The number of carbonyl (C=O) groups excluding carboxylic acids is 1. The van der Waals surface area contributed by atoms with Gasteiger partial charge in [-0.25, -0.2) is 4.79 Å². The minimum absolute atomic E-state index is 0.116. The maximum Gasteiger partial charge on any atom is 0.352 e. The van der Waals surface area contributed by atoms with Gasteiger partial charge in [-0.15, -0.1) is 0 Å². The zero-order valence-electron chi connectivity index (χ0n) is 11.5. The Hall–Kier alpha value is -2.88. The molecule has 0 unspecified atom stereocenters. The van der Waals surface area contributed by atoms with Gasteiger partial charge in [0.05, 0.1) is 0 Å². The summed E-state index contributed by atoms with van der Waals surface area (Å²) in [6, 6.07) is 17.6. The number of rotatable bonds is 4. The number of carboxylic acids is 1. The molecular weight excluding hydrogens is 266 g/mol. The van der Waals surface area contributed by atoms with E-state index in [0.717, 1.165) is 5.56 Å². The van der Waals surface area contributed by atoms with Crippen molar-refractivity contribution in [1.29, 1.82) is 0 Å². The lowest BCUT2D eigenvalue weighted by atomic mass is 10.1. The largest absolute Gasteiger partial charge is 0.477 e. The topological polar surface area (TPSA) is 66.4 Å². The Balaban J connectivity index is 2.33. The molecule has 0 aliphatic carbocycles. The smallest absolute Gasteiger partial charge is 0.352 e. The van der Waals surface area contributed by atoms with Crippen LogP contribution >= 0.6 is 0 Å². The zero-order chi connectivity index (χ0) is 15.2. The number of carbonyl (C=O) groups is 2. The van der Waals surface area contributed by atoms with E-state index in [1.54, 1.807) is 49.4 Å². The minimum atomic E-state index is -1.17. The van der Waals surface area contributed by atoms with Crippen molar-refractivity contribution in [1.82, 2.24) is 5.32 Å². The molecule has 0 saturated heterocycles. The Morgan fingerprint density at radius 3 is 1.81 bits per heavy atom. The van der Waals surface area contributed by atoms with Crippen LogP contribution in [-0.4, -0.2) is 17.0 Å². The van der Waals surface area contributed by atoms with Crippen LogP contribution in [0, 0.1) is 0 Å². The van der Waals surface area contributed by atoms with Gasteiger partial charge in [0.1, 0.15) is 5.70 Å². The Morgan fingerprint density at radius 1 is 0.857 bits per heavy atom. The molecule has 1 amide bonds. The molecule has 0 atom stereocenters. The molecule has 0 bridgehead atoms. The first kappa shape index (κ1) is 14.5. The van der Waals surface area contributed by atoms with Gasteiger partial charge in [0, 0.05) is 5.56 Å². The van der Waals surface area contributed by atoms with Crippen LogP contribution in [0.25, 0.3) is 5.57 Å². The van der Waals surface area contributed by atoms with Crippen LogP contribution in [0.15, 0.2) is 66.4 Å². The lowest BCUT2D eigenvalue weighted by Crippen LogP contribution is -2.28. The summed E-state index contributed by atoms with van der Waals surface area (Å²) in [5.41, 5.74) is 1.56. The number of allylic oxidation sites excluding steroid dienone is 1. The molecule has 0 heterocycles. The molecule has 2 N–H and O–H groups in total. The van der Waals surface area contributed by atoms with Crippen LogP contribution in [0.1, 0.15) is 22.8 Å². The number of nitrogens with one attached hydrogen (secondary N) is 1. The van der Waals surface area contributed by atoms with Gasteiger partial charge in [-0.2, -0.15) is 0 Å². The van der Waals surface area contributed by atoms with Crippen LogP contribution in [0.5, 0.6) is 0 Å². The first-order valence-electron chi connectivity index (χ1n) is 6.45. The van der Waals surface area contributed by atoms with E-state index in [2.05, 4.69) is 5.32 Å². The van der Waals surface area contributed by atoms with E-state index >= 15 is 0 Å². The lowest BCUT2D eigenvalue weighted by Gasteiger charge is -2.10. The minimum Gasteiger partial charge on any atom is -0.477 e. The van der Waals surface area contributed by atoms with Crippen molar-refractivity contribution in [3.05, 3.63) is 77.5 Å². The summed E-state index contributed by atoms with van der Waals surface area (Å²) in [5.74, 6) is -1.61. The van der Waals surface area contributed by atoms with Gasteiger partial charge in [0.25, 0.3) is 5.91 Å². The highest BCUT2D eigenvalue weighted by Crippen LogP contribution is 2.17. The number of benzene rings is 2. The Kier molecular flexibility index (Phi) is 4.51. The molecule has 21 heavy (non-hydrogen) atoms. The number of carboxylic acid groups (broad SMARTS) is 1. The molecule has 2 rings (SSSR count). The van der Waals surface area contributed by atoms with Crippen LogP contribution in [-0.2, 0) is 4.79 Å². The van der Waals surface area contributed by atoms with Gasteiger partial charge in [-0.1, -0.05) is 48.5 Å². The highest BCUT2D eigenvalue weighted by atomic mass is 16.4. The molecule has 0 saturated carbocycles. The summed E-state index contributed by atoms with van der Waals surface area (Å²) in [4.78, 5) is 23.5. The monoisotopic (exact) mass is 281 g/mol. The number of amides is 1. The maximum atomic E-state index is 12.1. The van der Waals surface area contributed by atoms with Crippen molar-refractivity contribution >= 4 is 17.4 Å². The van der Waals surface area contributed by atoms with Crippen molar-refractivity contribution in [2.24, 2.45) is 0 Å². The van der Waals surface area contributed by atoms with Crippen molar-refractivity contribution in [3.63, 3.8) is 0 Å². The quantitative estimate of drug-likeness (QED) is 0.847.